The van der Waals surface area contributed by atoms with Crippen LogP contribution in [0.25, 0.3) is 0 Å². The number of nitrogens with one attached hydrogen (secondary N) is 2. The Kier molecular flexibility index (Phi) is 6.70. The number of carbonyl (C=O) groups is 1. The number of carbonyl (C=O) groups excluding carboxylic acids is 1. The number of hydrogen-bond donors (Lipinski definition) is 2. The smallest absolute Gasteiger partial charge is 0.416 e. The summed E-state index contributed by atoms with van der Waals surface area (Å²) >= 11 is 12.7. The van der Waals surface area contributed by atoms with Crippen LogP contribution in [0.15, 0.2) is 18.2 Å². The molecule has 0 radical (unpaired) electrons. The predicted octanol–water partition coefficient (Wildman–Crippen LogP) is 6.28. The van der Waals surface area contributed by atoms with Crippen LogP contribution in [-0.2, 0) is 23.8 Å². The molecule has 0 bridgehead atoms. The molecule has 4 nitrogen and oxygen atoms in total. The molecule has 1 heterocycles. The van der Waals surface area contributed by atoms with Gasteiger partial charge in [0.25, 0.3) is 0 Å². The third kappa shape index (κ3) is 5.02. The van der Waals surface area contributed by atoms with Crippen LogP contribution in [0.4, 0.5) is 23.9 Å². The maximum absolute atomic E-state index is 13.0. The Balaban J connectivity index is 1.85. The summed E-state index contributed by atoms with van der Waals surface area (Å²) in [7, 11) is 1.31. The minimum absolute atomic E-state index is 0.0247. The summed E-state index contributed by atoms with van der Waals surface area (Å²) in [6.45, 7) is 0. The highest BCUT2D eigenvalue weighted by Crippen LogP contribution is 2.38. The molecule has 0 saturated carbocycles. The Morgan fingerprint density at radius 2 is 1.93 bits per heavy atom. The van der Waals surface area contributed by atoms with E-state index in [0.717, 1.165) is 60.7 Å². The third-order valence-electron chi connectivity index (χ3n) is 4.58. The van der Waals surface area contributed by atoms with Gasteiger partial charge in [-0.1, -0.05) is 18.0 Å². The molecule has 0 amide bonds. The van der Waals surface area contributed by atoms with Crippen LogP contribution in [-0.4, -0.2) is 18.2 Å². The Labute approximate surface area is 180 Å². The van der Waals surface area contributed by atoms with Gasteiger partial charge in [0.05, 0.1) is 28.9 Å². The zero-order chi connectivity index (χ0) is 21.2. The fourth-order valence-electron chi connectivity index (χ4n) is 3.20. The first-order chi connectivity index (χ1) is 13.7. The number of hydrogen-bond acceptors (Lipinski definition) is 4. The Morgan fingerprint density at radius 3 is 2.62 bits per heavy atom. The molecular weight excluding hydrogens is 445 g/mol. The van der Waals surface area contributed by atoms with Crippen molar-refractivity contribution in [1.82, 2.24) is 0 Å². The van der Waals surface area contributed by atoms with Gasteiger partial charge in [0, 0.05) is 4.88 Å². The van der Waals surface area contributed by atoms with Gasteiger partial charge in [-0.15, -0.1) is 11.3 Å². The average Bonchev–Trinajstić information content (AvgIpc) is 2.82. The molecule has 2 N–H and O–H groups in total. The normalized spacial score (nSPS) is 14.0. The highest BCUT2D eigenvalue weighted by atomic mass is 35.5. The molecule has 0 unspecified atom stereocenters. The lowest BCUT2D eigenvalue weighted by atomic mass is 10.1. The minimum atomic E-state index is -4.50. The molecule has 29 heavy (non-hydrogen) atoms. The predicted molar refractivity (Wildman–Crippen MR) is 113 cm³/mol. The number of benzene rings is 1. The molecule has 0 aliphatic heterocycles. The second-order valence-corrected chi connectivity index (χ2v) is 8.45. The van der Waals surface area contributed by atoms with Gasteiger partial charge < -0.3 is 15.4 Å². The lowest BCUT2D eigenvalue weighted by Gasteiger charge is -2.14. The van der Waals surface area contributed by atoms with Crippen LogP contribution < -0.4 is 10.6 Å². The average molecular weight is 463 g/mol. The van der Waals surface area contributed by atoms with Gasteiger partial charge in [-0.05, 0) is 61.7 Å². The maximum Gasteiger partial charge on any atom is 0.416 e. The van der Waals surface area contributed by atoms with Gasteiger partial charge in [0.15, 0.2) is 5.11 Å². The van der Waals surface area contributed by atoms with Crippen molar-refractivity contribution in [3.05, 3.63) is 44.8 Å². The van der Waals surface area contributed by atoms with Crippen LogP contribution in [0.5, 0.6) is 0 Å². The van der Waals surface area contributed by atoms with E-state index in [-0.39, 0.29) is 15.8 Å². The van der Waals surface area contributed by atoms with Crippen molar-refractivity contribution < 1.29 is 22.7 Å². The molecule has 0 spiro atoms. The van der Waals surface area contributed by atoms with Crippen LogP contribution in [0.2, 0.25) is 5.02 Å². The highest BCUT2D eigenvalue weighted by molar-refractivity contribution is 7.80. The number of esters is 1. The van der Waals surface area contributed by atoms with Crippen LogP contribution >= 0.6 is 35.2 Å². The zero-order valence-electron chi connectivity index (χ0n) is 15.4. The molecular formula is C19H18ClF3N2O2S2. The van der Waals surface area contributed by atoms with Gasteiger partial charge >= 0.3 is 12.1 Å². The number of anilines is 2. The molecule has 1 aliphatic carbocycles. The number of halogens is 4. The lowest BCUT2D eigenvalue weighted by Crippen LogP contribution is -2.21. The number of aryl methyl sites for hydroxylation is 1. The number of fused-ring (bicyclic) bond motifs is 1. The number of alkyl halides is 3. The summed E-state index contributed by atoms with van der Waals surface area (Å²) in [4.78, 5) is 13.5. The second kappa shape index (κ2) is 8.89. The maximum atomic E-state index is 13.0. The number of rotatable bonds is 3. The van der Waals surface area contributed by atoms with Crippen LogP contribution in [0, 0.1) is 0 Å². The number of methoxy groups -OCH3 is 1. The van der Waals surface area contributed by atoms with E-state index in [1.165, 1.54) is 18.4 Å². The fraction of sp³-hybridized carbons (Fsp3) is 0.368. The lowest BCUT2D eigenvalue weighted by molar-refractivity contribution is -0.137. The number of thiophene rings is 1. The Morgan fingerprint density at radius 1 is 1.21 bits per heavy atom. The molecule has 156 valence electrons. The van der Waals surface area contributed by atoms with E-state index in [4.69, 9.17) is 28.6 Å². The first-order valence-electron chi connectivity index (χ1n) is 8.88. The van der Waals surface area contributed by atoms with Gasteiger partial charge in [-0.25, -0.2) is 4.79 Å². The van der Waals surface area contributed by atoms with E-state index < -0.39 is 17.7 Å². The molecule has 0 saturated heterocycles. The zero-order valence-corrected chi connectivity index (χ0v) is 17.8. The van der Waals surface area contributed by atoms with Gasteiger partial charge in [0.2, 0.25) is 0 Å². The highest BCUT2D eigenvalue weighted by Gasteiger charge is 2.31. The van der Waals surface area contributed by atoms with Gasteiger partial charge in [0.1, 0.15) is 5.00 Å². The molecule has 1 aliphatic rings. The van der Waals surface area contributed by atoms with Crippen molar-refractivity contribution in [3.8, 4) is 0 Å². The van der Waals surface area contributed by atoms with Crippen LogP contribution in [0.3, 0.4) is 0 Å². The van der Waals surface area contributed by atoms with E-state index in [2.05, 4.69) is 10.6 Å². The summed E-state index contributed by atoms with van der Waals surface area (Å²) in [6.07, 6.45) is 0.257. The molecule has 1 aromatic heterocycles. The SMILES string of the molecule is COC(=O)c1c(NC(=S)Nc2cc(C(F)(F)F)ccc2Cl)sc2c1CCCCC2. The first kappa shape index (κ1) is 21.9. The minimum Gasteiger partial charge on any atom is -0.465 e. The Hall–Kier alpha value is -1.84. The molecule has 2 aromatic rings. The molecule has 0 fully saturated rings. The standard InChI is InChI=1S/C19H18ClF3N2O2S2/c1-27-17(26)15-11-5-3-2-4-6-14(11)29-16(15)25-18(28)24-13-9-10(19(21,22)23)7-8-12(13)20/h7-9H,2-6H2,1H3,(H2,24,25,28). The summed E-state index contributed by atoms with van der Waals surface area (Å²) in [5.74, 6) is -0.466. The monoisotopic (exact) mass is 462 g/mol. The third-order valence-corrected chi connectivity index (χ3v) is 6.32. The Bertz CT molecular complexity index is 944. The fourth-order valence-corrected chi connectivity index (χ4v) is 4.93. The van der Waals surface area contributed by atoms with Crippen molar-refractivity contribution in [1.29, 1.82) is 0 Å². The second-order valence-electron chi connectivity index (χ2n) is 6.53. The van der Waals surface area contributed by atoms with E-state index in [1.807, 2.05) is 0 Å². The number of thiocarbonyl (C=S) groups is 1. The quantitative estimate of drug-likeness (QED) is 0.319. The van der Waals surface area contributed by atoms with Crippen molar-refractivity contribution in [2.75, 3.05) is 17.7 Å². The molecule has 3 rings (SSSR count). The topological polar surface area (TPSA) is 50.4 Å². The summed E-state index contributed by atoms with van der Waals surface area (Å²) in [5, 5.41) is 6.27. The molecule has 1 aromatic carbocycles. The summed E-state index contributed by atoms with van der Waals surface area (Å²) in [6, 6.07) is 2.94. The van der Waals surface area contributed by atoms with Gasteiger partial charge in [-0.3, -0.25) is 0 Å². The van der Waals surface area contributed by atoms with Crippen LogP contribution in [0.1, 0.15) is 45.6 Å². The van der Waals surface area contributed by atoms with E-state index >= 15 is 0 Å². The van der Waals surface area contributed by atoms with Crippen molar-refractivity contribution >= 4 is 56.9 Å². The summed E-state index contributed by atoms with van der Waals surface area (Å²) < 4.78 is 43.8. The van der Waals surface area contributed by atoms with E-state index in [9.17, 15) is 18.0 Å². The van der Waals surface area contributed by atoms with Crippen molar-refractivity contribution in [2.24, 2.45) is 0 Å². The van der Waals surface area contributed by atoms with Gasteiger partial charge in [-0.2, -0.15) is 13.2 Å². The number of ether oxygens (including phenoxy) is 1. The molecule has 10 heteroatoms. The van der Waals surface area contributed by atoms with E-state index in [0.29, 0.717) is 10.6 Å². The largest absolute Gasteiger partial charge is 0.465 e. The summed E-state index contributed by atoms with van der Waals surface area (Å²) in [5.41, 5.74) is 0.581. The van der Waals surface area contributed by atoms with Crippen molar-refractivity contribution in [3.63, 3.8) is 0 Å². The van der Waals surface area contributed by atoms with E-state index in [1.54, 1.807) is 0 Å². The molecule has 0 atom stereocenters. The first-order valence-corrected chi connectivity index (χ1v) is 10.5. The van der Waals surface area contributed by atoms with Crippen molar-refractivity contribution in [2.45, 2.75) is 38.3 Å².